The number of aliphatic hydroxyl groups is 2. The zero-order valence-corrected chi connectivity index (χ0v) is 9.04. The van der Waals surface area contributed by atoms with Gasteiger partial charge in [0.2, 0.25) is 11.8 Å². The van der Waals surface area contributed by atoms with E-state index in [2.05, 4.69) is 0 Å². The highest BCUT2D eigenvalue weighted by atomic mass is 16.3. The quantitative estimate of drug-likeness (QED) is 0.169. The lowest BCUT2D eigenvalue weighted by atomic mass is 9.75. The van der Waals surface area contributed by atoms with Gasteiger partial charge in [0, 0.05) is 11.8 Å². The van der Waals surface area contributed by atoms with Crippen LogP contribution in [0.15, 0.2) is 0 Å². The number of aliphatic hydroxyl groups excluding tert-OH is 2. The molecule has 0 heterocycles. The van der Waals surface area contributed by atoms with E-state index in [4.69, 9.17) is 11.7 Å². The second kappa shape index (κ2) is 4.22. The van der Waals surface area contributed by atoms with E-state index >= 15 is 0 Å². The number of hydrogen-bond donors (Lipinski definition) is 6. The van der Waals surface area contributed by atoms with Gasteiger partial charge in [0.05, 0.1) is 24.0 Å². The van der Waals surface area contributed by atoms with Gasteiger partial charge in [-0.2, -0.15) is 0 Å². The first-order valence-corrected chi connectivity index (χ1v) is 5.40. The van der Waals surface area contributed by atoms with Crippen LogP contribution in [0.3, 0.4) is 0 Å². The molecule has 6 atom stereocenters. The van der Waals surface area contributed by atoms with Crippen LogP contribution in [0, 0.1) is 23.7 Å². The molecule has 8 N–H and O–H groups in total. The van der Waals surface area contributed by atoms with E-state index in [0.29, 0.717) is 6.42 Å². The summed E-state index contributed by atoms with van der Waals surface area (Å²) >= 11 is 0. The van der Waals surface area contributed by atoms with Crippen LogP contribution >= 0.6 is 0 Å². The van der Waals surface area contributed by atoms with Gasteiger partial charge >= 0.3 is 0 Å². The first-order chi connectivity index (χ1) is 8.02. The van der Waals surface area contributed by atoms with Gasteiger partial charge in [0.1, 0.15) is 0 Å². The third kappa shape index (κ3) is 1.61. The van der Waals surface area contributed by atoms with Crippen LogP contribution in [0.2, 0.25) is 0 Å². The zero-order valence-electron chi connectivity index (χ0n) is 9.04. The first-order valence-electron chi connectivity index (χ1n) is 5.40. The molecule has 2 aliphatic carbocycles. The second-order valence-electron chi connectivity index (χ2n) is 4.61. The van der Waals surface area contributed by atoms with Crippen molar-refractivity contribution in [1.82, 2.24) is 10.9 Å². The van der Waals surface area contributed by atoms with Crippen molar-refractivity contribution < 1.29 is 19.8 Å². The fourth-order valence-electron chi connectivity index (χ4n) is 3.26. The number of rotatable bonds is 2. The summed E-state index contributed by atoms with van der Waals surface area (Å²) in [6, 6.07) is 0. The topological polar surface area (TPSA) is 151 Å². The number of nitrogens with one attached hydrogen (secondary N) is 2. The molecule has 0 saturated heterocycles. The molecule has 0 radical (unpaired) electrons. The van der Waals surface area contributed by atoms with Crippen molar-refractivity contribution in [2.75, 3.05) is 0 Å². The van der Waals surface area contributed by atoms with Crippen molar-refractivity contribution in [3.8, 4) is 0 Å². The zero-order chi connectivity index (χ0) is 12.7. The molecule has 17 heavy (non-hydrogen) atoms. The van der Waals surface area contributed by atoms with Crippen LogP contribution in [0.1, 0.15) is 6.42 Å². The molecule has 0 unspecified atom stereocenters. The maximum atomic E-state index is 11.6. The number of hydrazine groups is 2. The Kier molecular flexibility index (Phi) is 3.04. The molecule has 96 valence electrons. The van der Waals surface area contributed by atoms with Gasteiger partial charge in [-0.25, -0.2) is 11.7 Å². The van der Waals surface area contributed by atoms with Crippen LogP contribution in [-0.4, -0.2) is 34.2 Å². The van der Waals surface area contributed by atoms with Crippen molar-refractivity contribution in [2.24, 2.45) is 35.4 Å². The van der Waals surface area contributed by atoms with Gasteiger partial charge in [-0.1, -0.05) is 0 Å². The summed E-state index contributed by atoms with van der Waals surface area (Å²) < 4.78 is 0. The number of amides is 2. The van der Waals surface area contributed by atoms with Crippen LogP contribution < -0.4 is 22.5 Å². The Bertz CT molecular complexity index is 318. The van der Waals surface area contributed by atoms with E-state index in [9.17, 15) is 19.8 Å². The lowest BCUT2D eigenvalue weighted by Crippen LogP contribution is -2.54. The largest absolute Gasteiger partial charge is 0.390 e. The molecule has 8 heteroatoms. The van der Waals surface area contributed by atoms with E-state index in [1.807, 2.05) is 10.9 Å². The highest BCUT2D eigenvalue weighted by Gasteiger charge is 2.61. The molecule has 2 bridgehead atoms. The first kappa shape index (κ1) is 12.2. The van der Waals surface area contributed by atoms with Gasteiger partial charge in [-0.15, -0.1) is 0 Å². The summed E-state index contributed by atoms with van der Waals surface area (Å²) in [4.78, 5) is 23.3. The average Bonchev–Trinajstić information content (AvgIpc) is 2.85. The predicted molar refractivity (Wildman–Crippen MR) is 55.3 cm³/mol. The van der Waals surface area contributed by atoms with Crippen molar-refractivity contribution in [1.29, 1.82) is 0 Å². The molecule has 2 fully saturated rings. The van der Waals surface area contributed by atoms with Gasteiger partial charge in [-0.05, 0) is 6.42 Å². The van der Waals surface area contributed by atoms with Crippen molar-refractivity contribution in [3.63, 3.8) is 0 Å². The van der Waals surface area contributed by atoms with Crippen LogP contribution in [-0.2, 0) is 9.59 Å². The number of fused-ring (bicyclic) bond motifs is 2. The number of hydrogen-bond acceptors (Lipinski definition) is 6. The molecule has 0 aliphatic heterocycles. The Morgan fingerprint density at radius 2 is 1.29 bits per heavy atom. The predicted octanol–water partition coefficient (Wildman–Crippen LogP) is -3.43. The third-order valence-corrected chi connectivity index (χ3v) is 3.97. The Hall–Kier alpha value is -1.22. The molecule has 0 aromatic carbocycles. The molecule has 0 aromatic heterocycles. The Labute approximate surface area is 97.3 Å². The number of carbonyl (C=O) groups excluding carboxylic acids is 2. The molecule has 0 spiro atoms. The lowest BCUT2D eigenvalue weighted by Gasteiger charge is -2.34. The van der Waals surface area contributed by atoms with E-state index in [1.165, 1.54) is 0 Å². The molecule has 2 saturated carbocycles. The molecule has 2 rings (SSSR count). The van der Waals surface area contributed by atoms with Crippen LogP contribution in [0.5, 0.6) is 0 Å². The van der Waals surface area contributed by atoms with Crippen LogP contribution in [0.4, 0.5) is 0 Å². The van der Waals surface area contributed by atoms with Gasteiger partial charge in [-0.3, -0.25) is 20.4 Å². The van der Waals surface area contributed by atoms with E-state index in [0.717, 1.165) is 0 Å². The third-order valence-electron chi connectivity index (χ3n) is 3.97. The molecule has 2 aliphatic rings. The fraction of sp³-hybridized carbons (Fsp3) is 0.778. The monoisotopic (exact) mass is 244 g/mol. The number of nitrogens with two attached hydrogens (primary N) is 2. The second-order valence-corrected chi connectivity index (χ2v) is 4.61. The summed E-state index contributed by atoms with van der Waals surface area (Å²) in [5.41, 5.74) is 3.97. The van der Waals surface area contributed by atoms with E-state index < -0.39 is 47.7 Å². The van der Waals surface area contributed by atoms with E-state index in [1.54, 1.807) is 0 Å². The van der Waals surface area contributed by atoms with Gasteiger partial charge in [0.25, 0.3) is 0 Å². The maximum Gasteiger partial charge on any atom is 0.238 e. The molecular formula is C9H16N4O4. The lowest BCUT2D eigenvalue weighted by molar-refractivity contribution is -0.145. The molecule has 2 amide bonds. The molecular weight excluding hydrogens is 228 g/mol. The summed E-state index contributed by atoms with van der Waals surface area (Å²) in [6.45, 7) is 0. The van der Waals surface area contributed by atoms with Gasteiger partial charge in [0.15, 0.2) is 0 Å². The summed E-state index contributed by atoms with van der Waals surface area (Å²) in [5.74, 6) is 6.69. The highest BCUT2D eigenvalue weighted by molar-refractivity contribution is 5.88. The highest BCUT2D eigenvalue weighted by Crippen LogP contribution is 2.52. The Morgan fingerprint density at radius 3 is 1.59 bits per heavy atom. The summed E-state index contributed by atoms with van der Waals surface area (Å²) in [6.07, 6.45) is -1.58. The smallest absolute Gasteiger partial charge is 0.238 e. The summed E-state index contributed by atoms with van der Waals surface area (Å²) in [5, 5.41) is 19.5. The van der Waals surface area contributed by atoms with E-state index in [-0.39, 0.29) is 0 Å². The molecule has 0 aromatic rings. The van der Waals surface area contributed by atoms with Crippen molar-refractivity contribution in [2.45, 2.75) is 18.6 Å². The van der Waals surface area contributed by atoms with Gasteiger partial charge < -0.3 is 10.2 Å². The normalized spacial score (nSPS) is 43.5. The van der Waals surface area contributed by atoms with Crippen LogP contribution in [0.25, 0.3) is 0 Å². The number of carbonyl (C=O) groups is 2. The minimum absolute atomic E-state index is 0.415. The molecule has 8 nitrogen and oxygen atoms in total. The fourth-order valence-corrected chi connectivity index (χ4v) is 3.26. The minimum atomic E-state index is -0.996. The maximum absolute atomic E-state index is 11.6. The Morgan fingerprint density at radius 1 is 0.941 bits per heavy atom. The Balaban J connectivity index is 2.29. The standard InChI is InChI=1S/C9H16N4O4/c10-12-8(16)4-2-1-3(7(15)6(2)14)5(4)9(17)13-11/h2-7,14-15H,1,10-11H2,(H,12,16)(H,13,17)/t2-,3+,4-,5+,6+,7-. The average molecular weight is 244 g/mol. The minimum Gasteiger partial charge on any atom is -0.390 e. The van der Waals surface area contributed by atoms with Crippen molar-refractivity contribution >= 4 is 11.8 Å². The SMILES string of the molecule is NNC(=O)[C@@H]1[C@H]2C[C@H]([C@@H](O)[C@H]2O)[C@@H]1C(=O)NN. The van der Waals surface area contributed by atoms with Crippen molar-refractivity contribution in [3.05, 3.63) is 0 Å². The summed E-state index contributed by atoms with van der Waals surface area (Å²) in [7, 11) is 0.